The molecule has 194 valence electrons. The Hall–Kier alpha value is -4.24. The van der Waals surface area contributed by atoms with Gasteiger partial charge in [-0.05, 0) is 67.1 Å². The number of hydrogen-bond acceptors (Lipinski definition) is 9. The predicted molar refractivity (Wildman–Crippen MR) is 146 cm³/mol. The highest BCUT2D eigenvalue weighted by Crippen LogP contribution is 2.38. The maximum Gasteiger partial charge on any atom is 0.266 e. The molecule has 2 aliphatic rings. The molecule has 0 unspecified atom stereocenters. The molecular formula is C28H20N4O5S2. The van der Waals surface area contributed by atoms with Crippen LogP contribution in [0.1, 0.15) is 39.3 Å². The molecule has 6 rings (SSSR count). The molecule has 9 nitrogen and oxygen atoms in total. The van der Waals surface area contributed by atoms with Gasteiger partial charge in [-0.3, -0.25) is 14.4 Å². The lowest BCUT2D eigenvalue weighted by Crippen LogP contribution is -2.32. The summed E-state index contributed by atoms with van der Waals surface area (Å²) in [4.78, 5) is 43.9. The minimum atomic E-state index is -0.473. The first-order valence-electron chi connectivity index (χ1n) is 12.2. The molecule has 0 radical (unpaired) electrons. The second-order valence-electron chi connectivity index (χ2n) is 8.90. The Labute approximate surface area is 231 Å². The van der Waals surface area contributed by atoms with Crippen LogP contribution in [0.3, 0.4) is 0 Å². The van der Waals surface area contributed by atoms with Crippen LogP contribution in [0.2, 0.25) is 0 Å². The SMILES string of the molecule is N#C/C(=C\c1ccc(Sc2nc3ccc(N4C(=O)c5ccccc5C4=O)cc3s2)o1)C(=O)NC[C@H]1CCCO1. The lowest BCUT2D eigenvalue weighted by Gasteiger charge is -2.13. The van der Waals surface area contributed by atoms with Crippen molar-refractivity contribution in [3.8, 4) is 6.07 Å². The Balaban J connectivity index is 1.15. The van der Waals surface area contributed by atoms with Crippen molar-refractivity contribution in [1.82, 2.24) is 10.3 Å². The molecule has 2 aromatic carbocycles. The summed E-state index contributed by atoms with van der Waals surface area (Å²) in [6, 6.07) is 17.4. The number of nitrogens with zero attached hydrogens (tertiary/aromatic N) is 3. The molecule has 0 bridgehead atoms. The molecule has 1 saturated heterocycles. The smallest absolute Gasteiger partial charge is 0.266 e. The number of nitrogens with one attached hydrogen (secondary N) is 1. The highest BCUT2D eigenvalue weighted by molar-refractivity contribution is 8.01. The number of anilines is 1. The van der Waals surface area contributed by atoms with Gasteiger partial charge in [-0.25, -0.2) is 9.88 Å². The van der Waals surface area contributed by atoms with Gasteiger partial charge in [0.25, 0.3) is 17.7 Å². The van der Waals surface area contributed by atoms with Crippen molar-refractivity contribution in [3.63, 3.8) is 0 Å². The van der Waals surface area contributed by atoms with Crippen LogP contribution in [0.25, 0.3) is 16.3 Å². The van der Waals surface area contributed by atoms with E-state index in [9.17, 15) is 19.6 Å². The number of rotatable bonds is 7. The van der Waals surface area contributed by atoms with Crippen LogP contribution < -0.4 is 10.2 Å². The summed E-state index contributed by atoms with van der Waals surface area (Å²) in [7, 11) is 0. The zero-order chi connectivity index (χ0) is 26.9. The normalized spacial score (nSPS) is 17.1. The van der Waals surface area contributed by atoms with Crippen LogP contribution >= 0.6 is 23.1 Å². The number of carbonyl (C=O) groups excluding carboxylic acids is 3. The predicted octanol–water partition coefficient (Wildman–Crippen LogP) is 5.04. The second-order valence-corrected chi connectivity index (χ2v) is 11.2. The van der Waals surface area contributed by atoms with Gasteiger partial charge in [-0.15, -0.1) is 11.3 Å². The van der Waals surface area contributed by atoms with Gasteiger partial charge < -0.3 is 14.5 Å². The summed E-state index contributed by atoms with van der Waals surface area (Å²) in [5.41, 5.74) is 1.95. The van der Waals surface area contributed by atoms with Gasteiger partial charge in [0.05, 0.1) is 33.1 Å². The Morgan fingerprint density at radius 3 is 2.69 bits per heavy atom. The first-order chi connectivity index (χ1) is 19.0. The minimum absolute atomic E-state index is 0.0157. The average molecular weight is 557 g/mol. The van der Waals surface area contributed by atoms with Crippen LogP contribution in [0.15, 0.2) is 74.0 Å². The zero-order valence-electron chi connectivity index (χ0n) is 20.4. The Morgan fingerprint density at radius 1 is 1.18 bits per heavy atom. The summed E-state index contributed by atoms with van der Waals surface area (Å²) >= 11 is 2.70. The second kappa shape index (κ2) is 10.5. The molecule has 1 fully saturated rings. The van der Waals surface area contributed by atoms with Crippen molar-refractivity contribution in [2.75, 3.05) is 18.1 Å². The highest BCUT2D eigenvalue weighted by Gasteiger charge is 2.36. The molecule has 2 aliphatic heterocycles. The lowest BCUT2D eigenvalue weighted by molar-refractivity contribution is -0.117. The van der Waals surface area contributed by atoms with Crippen LogP contribution in [-0.2, 0) is 9.53 Å². The molecule has 3 amide bonds. The van der Waals surface area contributed by atoms with E-state index in [1.807, 2.05) is 6.07 Å². The Morgan fingerprint density at radius 2 is 1.97 bits per heavy atom. The van der Waals surface area contributed by atoms with Gasteiger partial charge in [0.15, 0.2) is 9.43 Å². The molecule has 1 N–H and O–H groups in total. The molecular weight excluding hydrogens is 536 g/mol. The third kappa shape index (κ3) is 4.97. The number of imide groups is 1. The van der Waals surface area contributed by atoms with Gasteiger partial charge in [0, 0.05) is 19.2 Å². The van der Waals surface area contributed by atoms with E-state index in [1.165, 1.54) is 34.1 Å². The zero-order valence-corrected chi connectivity index (χ0v) is 22.0. The third-order valence-corrected chi connectivity index (χ3v) is 8.36. The van der Waals surface area contributed by atoms with Gasteiger partial charge in [0.2, 0.25) is 0 Å². The molecule has 4 heterocycles. The van der Waals surface area contributed by atoms with Gasteiger partial charge in [-0.2, -0.15) is 5.26 Å². The standard InChI is InChI=1S/C28H20N4O5S2/c29-14-16(25(33)30-15-19-4-3-11-36-19)12-18-8-10-24(37-18)39-28-31-22-9-7-17(13-23(22)38-28)32-26(34)20-5-1-2-6-21(20)27(32)35/h1-2,5-10,12-13,19H,3-4,11,15H2,(H,30,33)/b16-12+/t19-/m1/s1. The maximum atomic E-state index is 12.9. The lowest BCUT2D eigenvalue weighted by atomic mass is 10.1. The third-order valence-electron chi connectivity index (χ3n) is 6.36. The van der Waals surface area contributed by atoms with Crippen LogP contribution in [0, 0.1) is 11.3 Å². The van der Waals surface area contributed by atoms with Crippen molar-refractivity contribution >= 4 is 62.8 Å². The Bertz CT molecular complexity index is 1660. The number of furan rings is 1. The maximum absolute atomic E-state index is 12.9. The molecule has 0 saturated carbocycles. The number of fused-ring (bicyclic) bond motifs is 2. The topological polar surface area (TPSA) is 126 Å². The first kappa shape index (κ1) is 25.1. The molecule has 0 aliphatic carbocycles. The van der Waals surface area contributed by atoms with E-state index >= 15 is 0 Å². The summed E-state index contributed by atoms with van der Waals surface area (Å²) < 4.78 is 12.8. The number of thiazole rings is 1. The largest absolute Gasteiger partial charge is 0.450 e. The van der Waals surface area contributed by atoms with Crippen molar-refractivity contribution in [1.29, 1.82) is 5.26 Å². The van der Waals surface area contributed by atoms with E-state index in [0.29, 0.717) is 45.2 Å². The number of aromatic nitrogens is 1. The fourth-order valence-corrected chi connectivity index (χ4v) is 6.45. The van der Waals surface area contributed by atoms with E-state index in [1.54, 1.807) is 54.6 Å². The first-order valence-corrected chi connectivity index (χ1v) is 13.8. The van der Waals surface area contributed by atoms with Gasteiger partial charge in [0.1, 0.15) is 17.4 Å². The summed E-state index contributed by atoms with van der Waals surface area (Å²) in [6.45, 7) is 1.06. The summed E-state index contributed by atoms with van der Waals surface area (Å²) in [6.07, 6.45) is 3.25. The van der Waals surface area contributed by atoms with Crippen LogP contribution in [0.5, 0.6) is 0 Å². The highest BCUT2D eigenvalue weighted by atomic mass is 32.2. The summed E-state index contributed by atoms with van der Waals surface area (Å²) in [5, 5.41) is 12.7. The summed E-state index contributed by atoms with van der Waals surface area (Å²) in [5.74, 6) is -0.793. The molecule has 11 heteroatoms. The number of nitriles is 1. The minimum Gasteiger partial charge on any atom is -0.450 e. The van der Waals surface area contributed by atoms with E-state index in [0.717, 1.165) is 23.1 Å². The number of amides is 3. The molecule has 4 aromatic rings. The van der Waals surface area contributed by atoms with Gasteiger partial charge >= 0.3 is 0 Å². The van der Waals surface area contributed by atoms with Crippen LogP contribution in [-0.4, -0.2) is 42.0 Å². The van der Waals surface area contributed by atoms with Crippen molar-refractivity contribution in [2.45, 2.75) is 28.4 Å². The number of hydrogen-bond donors (Lipinski definition) is 1. The molecule has 2 aromatic heterocycles. The van der Waals surface area contributed by atoms with Crippen molar-refractivity contribution < 1.29 is 23.5 Å². The molecule has 39 heavy (non-hydrogen) atoms. The fourth-order valence-electron chi connectivity index (χ4n) is 4.45. The molecule has 0 spiro atoms. The number of benzene rings is 2. The number of carbonyl (C=O) groups is 3. The fraction of sp³-hybridized carbons (Fsp3) is 0.179. The van der Waals surface area contributed by atoms with E-state index in [-0.39, 0.29) is 23.5 Å². The van der Waals surface area contributed by atoms with Crippen molar-refractivity contribution in [3.05, 3.63) is 77.1 Å². The Kier molecular flexibility index (Phi) is 6.74. The van der Waals surface area contributed by atoms with E-state index in [2.05, 4.69) is 10.3 Å². The average Bonchev–Trinajstić information content (AvgIpc) is 3.74. The van der Waals surface area contributed by atoms with E-state index in [4.69, 9.17) is 9.15 Å². The monoisotopic (exact) mass is 556 g/mol. The number of ether oxygens (including phenoxy) is 1. The van der Waals surface area contributed by atoms with Crippen molar-refractivity contribution in [2.24, 2.45) is 0 Å². The van der Waals surface area contributed by atoms with Gasteiger partial charge in [-0.1, -0.05) is 12.1 Å². The molecule has 1 atom stereocenters. The quantitative estimate of drug-likeness (QED) is 0.191. The van der Waals surface area contributed by atoms with Crippen LogP contribution in [0.4, 0.5) is 5.69 Å². The van der Waals surface area contributed by atoms with E-state index < -0.39 is 5.91 Å².